The Morgan fingerprint density at radius 3 is 2.37 bits per heavy atom. The molecule has 1 aromatic carbocycles. The molecule has 0 aliphatic carbocycles. The molecule has 1 aliphatic heterocycles. The maximum Gasteiger partial charge on any atom is 0.401 e. The zero-order valence-electron chi connectivity index (χ0n) is 14.7. The molecular weight excluding hydrogens is 451 g/mol. The second-order valence-electron chi connectivity index (χ2n) is 6.34. The van der Waals surface area contributed by atoms with E-state index in [4.69, 9.17) is 0 Å². The molecule has 6 nitrogen and oxygen atoms in total. The molecule has 0 saturated carbocycles. The first kappa shape index (κ1) is 22.1. The van der Waals surface area contributed by atoms with Crippen LogP contribution in [-0.4, -0.2) is 80.9 Å². The Bertz CT molecular complexity index is 756. The van der Waals surface area contributed by atoms with Crippen LogP contribution in [0.2, 0.25) is 0 Å². The van der Waals surface area contributed by atoms with Crippen molar-refractivity contribution in [1.29, 1.82) is 0 Å². The van der Waals surface area contributed by atoms with Crippen molar-refractivity contribution in [2.75, 3.05) is 46.3 Å². The third-order valence-electron chi connectivity index (χ3n) is 4.22. The molecule has 1 aromatic rings. The van der Waals surface area contributed by atoms with Gasteiger partial charge in [0.15, 0.2) is 0 Å². The first-order chi connectivity index (χ1) is 12.5. The van der Waals surface area contributed by atoms with Crippen LogP contribution in [0, 0.1) is 0 Å². The molecule has 1 fully saturated rings. The highest BCUT2D eigenvalue weighted by atomic mass is 79.9. The fourth-order valence-corrected chi connectivity index (χ4v) is 4.18. The minimum Gasteiger partial charge on any atom is -0.340 e. The van der Waals surface area contributed by atoms with Crippen molar-refractivity contribution >= 4 is 31.9 Å². The van der Waals surface area contributed by atoms with Crippen molar-refractivity contribution in [1.82, 2.24) is 14.1 Å². The minimum atomic E-state index is -4.28. The number of alkyl halides is 3. The number of sulfonamides is 1. The first-order valence-electron chi connectivity index (χ1n) is 8.28. The lowest BCUT2D eigenvalue weighted by Crippen LogP contribution is -2.43. The highest BCUT2D eigenvalue weighted by Gasteiger charge is 2.32. The van der Waals surface area contributed by atoms with Crippen molar-refractivity contribution in [3.63, 3.8) is 0 Å². The lowest BCUT2D eigenvalue weighted by molar-refractivity contribution is -0.145. The Hall–Kier alpha value is -1.17. The Morgan fingerprint density at radius 1 is 1.15 bits per heavy atom. The summed E-state index contributed by atoms with van der Waals surface area (Å²) in [7, 11) is -2.52. The molecule has 27 heavy (non-hydrogen) atoms. The molecule has 0 spiro atoms. The Morgan fingerprint density at radius 2 is 1.78 bits per heavy atom. The third-order valence-corrected chi connectivity index (χ3v) is 6.57. The van der Waals surface area contributed by atoms with Crippen molar-refractivity contribution < 1.29 is 26.4 Å². The van der Waals surface area contributed by atoms with Gasteiger partial charge in [0.1, 0.15) is 0 Å². The Balaban J connectivity index is 1.96. The van der Waals surface area contributed by atoms with E-state index >= 15 is 0 Å². The number of hydrogen-bond donors (Lipinski definition) is 0. The van der Waals surface area contributed by atoms with E-state index in [1.54, 1.807) is 12.1 Å². The number of rotatable bonds is 5. The molecule has 1 aliphatic rings. The quantitative estimate of drug-likeness (QED) is 0.660. The van der Waals surface area contributed by atoms with Gasteiger partial charge < -0.3 is 4.90 Å². The van der Waals surface area contributed by atoms with Crippen molar-refractivity contribution in [2.24, 2.45) is 0 Å². The smallest absolute Gasteiger partial charge is 0.340 e. The van der Waals surface area contributed by atoms with Crippen LogP contribution in [0.5, 0.6) is 0 Å². The summed E-state index contributed by atoms with van der Waals surface area (Å²) in [5.74, 6) is -0.424. The predicted molar refractivity (Wildman–Crippen MR) is 97.6 cm³/mol. The molecule has 0 N–H and O–H groups in total. The molecule has 1 saturated heterocycles. The number of amides is 1. The van der Waals surface area contributed by atoms with Crippen molar-refractivity contribution in [3.05, 3.63) is 28.7 Å². The zero-order valence-corrected chi connectivity index (χ0v) is 17.1. The lowest BCUT2D eigenvalue weighted by atomic mass is 10.3. The SMILES string of the molecule is CN(CC(=O)N1CCCN(CC(F)(F)F)CC1)S(=O)(=O)c1ccc(Br)cc1. The highest BCUT2D eigenvalue weighted by Crippen LogP contribution is 2.19. The second-order valence-corrected chi connectivity index (χ2v) is 9.30. The van der Waals surface area contributed by atoms with Gasteiger partial charge in [0.2, 0.25) is 15.9 Å². The van der Waals surface area contributed by atoms with Crippen LogP contribution < -0.4 is 0 Å². The molecule has 11 heteroatoms. The first-order valence-corrected chi connectivity index (χ1v) is 10.5. The Labute approximate surface area is 165 Å². The van der Waals surface area contributed by atoms with Gasteiger partial charge in [0.05, 0.1) is 18.0 Å². The minimum absolute atomic E-state index is 0.0632. The van der Waals surface area contributed by atoms with E-state index in [9.17, 15) is 26.4 Å². The van der Waals surface area contributed by atoms with Gasteiger partial charge in [0.25, 0.3) is 0 Å². The maximum absolute atomic E-state index is 12.5. The monoisotopic (exact) mass is 471 g/mol. The van der Waals surface area contributed by atoms with E-state index in [1.807, 2.05) is 0 Å². The van der Waals surface area contributed by atoms with Gasteiger partial charge >= 0.3 is 6.18 Å². The van der Waals surface area contributed by atoms with Crippen LogP contribution >= 0.6 is 15.9 Å². The summed E-state index contributed by atoms with van der Waals surface area (Å²) < 4.78 is 64.3. The fraction of sp³-hybridized carbons (Fsp3) is 0.562. The summed E-state index contributed by atoms with van der Waals surface area (Å²) in [6, 6.07) is 6.04. The lowest BCUT2D eigenvalue weighted by Gasteiger charge is -2.25. The van der Waals surface area contributed by atoms with Crippen LogP contribution in [0.3, 0.4) is 0 Å². The number of halogens is 4. The number of hydrogen-bond acceptors (Lipinski definition) is 4. The molecule has 0 unspecified atom stereocenters. The topological polar surface area (TPSA) is 60.9 Å². The molecule has 0 atom stereocenters. The van der Waals surface area contributed by atoms with Crippen LogP contribution in [0.1, 0.15) is 6.42 Å². The van der Waals surface area contributed by atoms with Gasteiger partial charge in [-0.3, -0.25) is 9.69 Å². The molecule has 1 amide bonds. The number of nitrogens with zero attached hydrogens (tertiary/aromatic N) is 3. The molecular formula is C16H21BrF3N3O3S. The molecule has 0 bridgehead atoms. The summed E-state index contributed by atoms with van der Waals surface area (Å²) in [4.78, 5) is 15.2. The van der Waals surface area contributed by atoms with Crippen LogP contribution in [0.15, 0.2) is 33.6 Å². The molecule has 1 heterocycles. The van der Waals surface area contributed by atoms with E-state index in [-0.39, 0.29) is 31.1 Å². The van der Waals surface area contributed by atoms with Gasteiger partial charge in [-0.25, -0.2) is 8.42 Å². The molecule has 0 radical (unpaired) electrons. The summed E-state index contributed by atoms with van der Waals surface area (Å²) in [6.45, 7) is -0.574. The van der Waals surface area contributed by atoms with Crippen molar-refractivity contribution in [2.45, 2.75) is 17.5 Å². The summed E-state index contributed by atoms with van der Waals surface area (Å²) in [5.41, 5.74) is 0. The third kappa shape index (κ3) is 6.44. The zero-order chi connectivity index (χ0) is 20.2. The van der Waals surface area contributed by atoms with E-state index < -0.39 is 28.7 Å². The van der Waals surface area contributed by atoms with E-state index in [2.05, 4.69) is 15.9 Å². The fourth-order valence-electron chi connectivity index (χ4n) is 2.79. The summed E-state index contributed by atoms with van der Waals surface area (Å²) in [5, 5.41) is 0. The number of carbonyl (C=O) groups excluding carboxylic acids is 1. The number of likely N-dealkylation sites (N-methyl/N-ethyl adjacent to an activating group) is 1. The normalized spacial score (nSPS) is 17.2. The largest absolute Gasteiger partial charge is 0.401 e. The standard InChI is InChI=1S/C16H21BrF3N3O3S/c1-21(27(25,26)14-5-3-13(17)4-6-14)11-15(24)23-8-2-7-22(9-10-23)12-16(18,19)20/h3-6H,2,7-12H2,1H3. The predicted octanol–water partition coefficient (Wildman–Crippen LogP) is 2.17. The highest BCUT2D eigenvalue weighted by molar-refractivity contribution is 9.10. The molecule has 152 valence electrons. The van der Waals surface area contributed by atoms with Gasteiger partial charge in [-0.15, -0.1) is 0 Å². The van der Waals surface area contributed by atoms with E-state index in [0.29, 0.717) is 13.0 Å². The van der Waals surface area contributed by atoms with E-state index in [1.165, 1.54) is 29.0 Å². The molecule has 0 aromatic heterocycles. The Kier molecular flexibility index (Phi) is 7.28. The van der Waals surface area contributed by atoms with Crippen LogP contribution in [0.25, 0.3) is 0 Å². The van der Waals surface area contributed by atoms with Gasteiger partial charge in [-0.1, -0.05) is 15.9 Å². The molecule has 2 rings (SSSR count). The van der Waals surface area contributed by atoms with Gasteiger partial charge in [-0.05, 0) is 30.7 Å². The average molecular weight is 472 g/mol. The number of carbonyl (C=O) groups is 1. The van der Waals surface area contributed by atoms with Gasteiger partial charge in [-0.2, -0.15) is 17.5 Å². The summed E-state index contributed by atoms with van der Waals surface area (Å²) in [6.07, 6.45) is -3.87. The van der Waals surface area contributed by atoms with Crippen molar-refractivity contribution in [3.8, 4) is 0 Å². The van der Waals surface area contributed by atoms with Gasteiger partial charge in [0, 0.05) is 37.7 Å². The average Bonchev–Trinajstić information content (AvgIpc) is 2.79. The van der Waals surface area contributed by atoms with Crippen LogP contribution in [-0.2, 0) is 14.8 Å². The second kappa shape index (κ2) is 8.89. The number of benzene rings is 1. The van der Waals surface area contributed by atoms with Crippen LogP contribution in [0.4, 0.5) is 13.2 Å². The maximum atomic E-state index is 12.5. The van der Waals surface area contributed by atoms with E-state index in [0.717, 1.165) is 8.78 Å². The summed E-state index contributed by atoms with van der Waals surface area (Å²) >= 11 is 3.23.